The van der Waals surface area contributed by atoms with Gasteiger partial charge in [-0.1, -0.05) is 24.3 Å². The predicted molar refractivity (Wildman–Crippen MR) is 95.3 cm³/mol. The van der Waals surface area contributed by atoms with Crippen LogP contribution in [0.15, 0.2) is 48.5 Å². The molecule has 6 heteroatoms. The number of methoxy groups -OCH3 is 1. The maximum atomic E-state index is 12.9. The zero-order chi connectivity index (χ0) is 18.6. The monoisotopic (exact) mass is 364 g/mol. The molecule has 1 heterocycles. The molecular formula is C20H23F3N2O. The quantitative estimate of drug-likeness (QED) is 0.884. The van der Waals surface area contributed by atoms with Gasteiger partial charge in [-0.2, -0.15) is 13.2 Å². The highest BCUT2D eigenvalue weighted by atomic mass is 19.4. The Labute approximate surface area is 151 Å². The second-order valence-electron chi connectivity index (χ2n) is 6.43. The summed E-state index contributed by atoms with van der Waals surface area (Å²) in [6.07, 6.45) is -3.31. The zero-order valence-corrected chi connectivity index (χ0v) is 14.7. The molecule has 1 atom stereocenters. The average Bonchev–Trinajstić information content (AvgIpc) is 2.92. The van der Waals surface area contributed by atoms with Crippen LogP contribution >= 0.6 is 0 Å². The van der Waals surface area contributed by atoms with Crippen molar-refractivity contribution >= 4 is 0 Å². The van der Waals surface area contributed by atoms with Crippen LogP contribution in [0.1, 0.15) is 29.2 Å². The van der Waals surface area contributed by atoms with Gasteiger partial charge in [0, 0.05) is 19.6 Å². The van der Waals surface area contributed by atoms with E-state index < -0.39 is 11.7 Å². The third kappa shape index (κ3) is 4.37. The number of rotatable bonds is 4. The maximum Gasteiger partial charge on any atom is 0.416 e. The molecule has 0 amide bonds. The molecule has 1 fully saturated rings. The van der Waals surface area contributed by atoms with Crippen molar-refractivity contribution in [2.24, 2.45) is 0 Å². The second kappa shape index (κ2) is 8.10. The fraction of sp³-hybridized carbons (Fsp3) is 0.400. The Morgan fingerprint density at radius 2 is 1.54 bits per heavy atom. The molecule has 1 unspecified atom stereocenters. The van der Waals surface area contributed by atoms with Gasteiger partial charge in [0.2, 0.25) is 0 Å². The minimum absolute atomic E-state index is 0.0805. The highest BCUT2D eigenvalue weighted by molar-refractivity contribution is 5.37. The second-order valence-corrected chi connectivity index (χ2v) is 6.43. The van der Waals surface area contributed by atoms with E-state index in [9.17, 15) is 13.2 Å². The molecular weight excluding hydrogens is 341 g/mol. The number of hydrogen-bond donors (Lipinski definition) is 1. The van der Waals surface area contributed by atoms with Crippen LogP contribution in [0.25, 0.3) is 0 Å². The van der Waals surface area contributed by atoms with Crippen molar-refractivity contribution < 1.29 is 17.9 Å². The van der Waals surface area contributed by atoms with Gasteiger partial charge in [0.15, 0.2) is 0 Å². The van der Waals surface area contributed by atoms with Crippen LogP contribution in [0.3, 0.4) is 0 Å². The topological polar surface area (TPSA) is 24.5 Å². The first-order chi connectivity index (χ1) is 12.5. The number of nitrogens with one attached hydrogen (secondary N) is 1. The summed E-state index contributed by atoms with van der Waals surface area (Å²) in [6.45, 7) is 3.56. The Morgan fingerprint density at radius 3 is 2.12 bits per heavy atom. The summed E-state index contributed by atoms with van der Waals surface area (Å²) >= 11 is 0. The summed E-state index contributed by atoms with van der Waals surface area (Å²) in [5.41, 5.74) is 1.30. The standard InChI is InChI=1S/C20H23F3N2O/c1-26-18-9-5-16(6-10-18)19(25-13-2-11-24-12-14-25)15-3-7-17(8-4-15)20(21,22)23/h3-10,19,24H,2,11-14H2,1H3. The summed E-state index contributed by atoms with van der Waals surface area (Å²) in [6, 6.07) is 13.2. The highest BCUT2D eigenvalue weighted by Gasteiger charge is 2.31. The lowest BCUT2D eigenvalue weighted by molar-refractivity contribution is -0.137. The molecule has 1 N–H and O–H groups in total. The van der Waals surface area contributed by atoms with Crippen molar-refractivity contribution in [1.29, 1.82) is 0 Å². The Balaban J connectivity index is 1.96. The number of hydrogen-bond acceptors (Lipinski definition) is 3. The number of halogens is 3. The van der Waals surface area contributed by atoms with Crippen molar-refractivity contribution in [2.75, 3.05) is 33.3 Å². The first kappa shape index (κ1) is 18.7. The molecule has 0 bridgehead atoms. The van der Waals surface area contributed by atoms with Gasteiger partial charge in [-0.3, -0.25) is 4.90 Å². The summed E-state index contributed by atoms with van der Waals surface area (Å²) in [5, 5.41) is 3.37. The molecule has 3 nitrogen and oxygen atoms in total. The SMILES string of the molecule is COc1ccc(C(c2ccc(C(F)(F)F)cc2)N2CCCNCC2)cc1. The predicted octanol–water partition coefficient (Wildman–Crippen LogP) is 4.10. The average molecular weight is 364 g/mol. The molecule has 0 aromatic heterocycles. The molecule has 2 aromatic rings. The van der Waals surface area contributed by atoms with E-state index in [4.69, 9.17) is 4.74 Å². The van der Waals surface area contributed by atoms with Crippen LogP contribution in [-0.2, 0) is 6.18 Å². The third-order valence-electron chi connectivity index (χ3n) is 4.73. The summed E-state index contributed by atoms with van der Waals surface area (Å²) in [5.74, 6) is 0.762. The van der Waals surface area contributed by atoms with Crippen molar-refractivity contribution in [1.82, 2.24) is 10.2 Å². The van der Waals surface area contributed by atoms with Gasteiger partial charge in [0.25, 0.3) is 0 Å². The van der Waals surface area contributed by atoms with Crippen molar-refractivity contribution in [3.8, 4) is 5.75 Å². The van der Waals surface area contributed by atoms with Crippen molar-refractivity contribution in [3.05, 3.63) is 65.2 Å². The third-order valence-corrected chi connectivity index (χ3v) is 4.73. The lowest BCUT2D eigenvalue weighted by atomic mass is 9.95. The fourth-order valence-corrected chi connectivity index (χ4v) is 3.38. The Kier molecular flexibility index (Phi) is 5.84. The smallest absolute Gasteiger partial charge is 0.416 e. The highest BCUT2D eigenvalue weighted by Crippen LogP contribution is 2.34. The molecule has 26 heavy (non-hydrogen) atoms. The van der Waals surface area contributed by atoms with Crippen LogP contribution in [-0.4, -0.2) is 38.2 Å². The molecule has 0 saturated carbocycles. The first-order valence-corrected chi connectivity index (χ1v) is 8.75. The Morgan fingerprint density at radius 1 is 0.923 bits per heavy atom. The first-order valence-electron chi connectivity index (χ1n) is 8.75. The van der Waals surface area contributed by atoms with Gasteiger partial charge in [0.1, 0.15) is 5.75 Å². The van der Waals surface area contributed by atoms with Gasteiger partial charge in [-0.25, -0.2) is 0 Å². The molecule has 0 radical (unpaired) electrons. The van der Waals surface area contributed by atoms with Gasteiger partial charge in [0.05, 0.1) is 18.7 Å². The van der Waals surface area contributed by atoms with E-state index >= 15 is 0 Å². The van der Waals surface area contributed by atoms with Crippen LogP contribution < -0.4 is 10.1 Å². The van der Waals surface area contributed by atoms with E-state index in [-0.39, 0.29) is 6.04 Å². The Hall–Kier alpha value is -2.05. The number of ether oxygens (including phenoxy) is 1. The van der Waals surface area contributed by atoms with Crippen LogP contribution in [0.4, 0.5) is 13.2 Å². The number of nitrogens with zero attached hydrogens (tertiary/aromatic N) is 1. The lowest BCUT2D eigenvalue weighted by Crippen LogP contribution is -2.33. The van der Waals surface area contributed by atoms with Gasteiger partial charge in [-0.05, 0) is 48.4 Å². The normalized spacial score (nSPS) is 17.5. The minimum atomic E-state index is -4.32. The number of alkyl halides is 3. The minimum Gasteiger partial charge on any atom is -0.497 e. The number of benzene rings is 2. The largest absolute Gasteiger partial charge is 0.497 e. The van der Waals surface area contributed by atoms with E-state index in [1.807, 2.05) is 24.3 Å². The van der Waals surface area contributed by atoms with Gasteiger partial charge < -0.3 is 10.1 Å². The van der Waals surface area contributed by atoms with Crippen LogP contribution in [0.5, 0.6) is 5.75 Å². The molecule has 0 spiro atoms. The van der Waals surface area contributed by atoms with E-state index in [1.54, 1.807) is 19.2 Å². The van der Waals surface area contributed by atoms with E-state index in [1.165, 1.54) is 12.1 Å². The molecule has 1 saturated heterocycles. The lowest BCUT2D eigenvalue weighted by Gasteiger charge is -2.31. The zero-order valence-electron chi connectivity index (χ0n) is 14.7. The Bertz CT molecular complexity index is 690. The molecule has 3 rings (SSSR count). The van der Waals surface area contributed by atoms with E-state index in [2.05, 4.69) is 10.2 Å². The van der Waals surface area contributed by atoms with E-state index in [0.717, 1.165) is 49.5 Å². The molecule has 140 valence electrons. The van der Waals surface area contributed by atoms with Crippen LogP contribution in [0.2, 0.25) is 0 Å². The van der Waals surface area contributed by atoms with Crippen LogP contribution in [0, 0.1) is 0 Å². The van der Waals surface area contributed by atoms with Crippen molar-refractivity contribution in [3.63, 3.8) is 0 Å². The van der Waals surface area contributed by atoms with Crippen molar-refractivity contribution in [2.45, 2.75) is 18.6 Å². The maximum absolute atomic E-state index is 12.9. The van der Waals surface area contributed by atoms with Gasteiger partial charge in [-0.15, -0.1) is 0 Å². The molecule has 0 aliphatic carbocycles. The molecule has 1 aliphatic rings. The van der Waals surface area contributed by atoms with Gasteiger partial charge >= 0.3 is 6.18 Å². The van der Waals surface area contributed by atoms with E-state index in [0.29, 0.717) is 0 Å². The summed E-state index contributed by atoms with van der Waals surface area (Å²) < 4.78 is 43.9. The summed E-state index contributed by atoms with van der Waals surface area (Å²) in [7, 11) is 1.61. The molecule has 2 aromatic carbocycles. The summed E-state index contributed by atoms with van der Waals surface area (Å²) in [4.78, 5) is 2.32. The molecule has 1 aliphatic heterocycles. The fourth-order valence-electron chi connectivity index (χ4n) is 3.38.